The van der Waals surface area contributed by atoms with E-state index < -0.39 is 0 Å². The molecule has 0 amide bonds. The molecule has 20 heavy (non-hydrogen) atoms. The molecule has 0 N–H and O–H groups in total. The van der Waals surface area contributed by atoms with Gasteiger partial charge in [0.05, 0.1) is 6.54 Å². The van der Waals surface area contributed by atoms with E-state index in [0.717, 1.165) is 42.5 Å². The van der Waals surface area contributed by atoms with Crippen LogP contribution in [0.25, 0.3) is 0 Å². The maximum atomic E-state index is 12.3. The van der Waals surface area contributed by atoms with Crippen molar-refractivity contribution in [1.29, 1.82) is 0 Å². The maximum Gasteiger partial charge on any atom is 0.176 e. The van der Waals surface area contributed by atoms with Gasteiger partial charge in [-0.1, -0.05) is 35.0 Å². The first kappa shape index (κ1) is 15.7. The van der Waals surface area contributed by atoms with Crippen molar-refractivity contribution >= 4 is 21.7 Å². The van der Waals surface area contributed by atoms with Crippen LogP contribution in [0.5, 0.6) is 0 Å². The number of nitrogens with zero attached hydrogens (tertiary/aromatic N) is 2. The van der Waals surface area contributed by atoms with Crippen LogP contribution in [0.2, 0.25) is 0 Å². The fraction of sp³-hybridized carbons (Fsp3) is 0.562. The van der Waals surface area contributed by atoms with E-state index in [1.54, 1.807) is 0 Å². The van der Waals surface area contributed by atoms with Gasteiger partial charge in [0.15, 0.2) is 5.78 Å². The molecule has 1 aliphatic rings. The summed E-state index contributed by atoms with van der Waals surface area (Å²) in [7, 11) is 2.07. The largest absolute Gasteiger partial charge is 0.303 e. The molecule has 1 aliphatic heterocycles. The van der Waals surface area contributed by atoms with Crippen LogP contribution in [0.4, 0.5) is 0 Å². The second kappa shape index (κ2) is 7.34. The normalized spacial score (nSPS) is 17.6. The van der Waals surface area contributed by atoms with Gasteiger partial charge in [0.25, 0.3) is 0 Å². The topological polar surface area (TPSA) is 23.6 Å². The molecule has 0 aliphatic carbocycles. The number of hydrogen-bond acceptors (Lipinski definition) is 3. The Bertz CT molecular complexity index is 438. The Morgan fingerprint density at radius 1 is 1.30 bits per heavy atom. The van der Waals surface area contributed by atoms with Crippen LogP contribution in [0.1, 0.15) is 30.1 Å². The molecule has 1 aromatic rings. The van der Waals surface area contributed by atoms with E-state index >= 15 is 0 Å². The number of carbonyl (C=O) groups is 1. The van der Waals surface area contributed by atoms with Gasteiger partial charge < -0.3 is 4.90 Å². The van der Waals surface area contributed by atoms with Crippen molar-refractivity contribution in [1.82, 2.24) is 9.80 Å². The van der Waals surface area contributed by atoms with Gasteiger partial charge in [-0.05, 0) is 51.7 Å². The summed E-state index contributed by atoms with van der Waals surface area (Å²) in [6, 6.07) is 8.16. The van der Waals surface area contributed by atoms with Crippen LogP contribution in [-0.2, 0) is 0 Å². The predicted octanol–water partition coefficient (Wildman–Crippen LogP) is 3.05. The Labute approximate surface area is 130 Å². The van der Waals surface area contributed by atoms with Crippen LogP contribution in [0.15, 0.2) is 28.7 Å². The Morgan fingerprint density at radius 2 is 1.90 bits per heavy atom. The summed E-state index contributed by atoms with van der Waals surface area (Å²) in [6.45, 7) is 6.16. The van der Waals surface area contributed by atoms with Crippen molar-refractivity contribution in [2.75, 3.05) is 33.2 Å². The monoisotopic (exact) mass is 338 g/mol. The highest BCUT2D eigenvalue weighted by Gasteiger charge is 2.23. The van der Waals surface area contributed by atoms with Gasteiger partial charge in [0.1, 0.15) is 0 Å². The molecule has 3 nitrogen and oxygen atoms in total. The Balaban J connectivity index is 1.86. The lowest BCUT2D eigenvalue weighted by molar-refractivity contribution is 0.0858. The van der Waals surface area contributed by atoms with E-state index in [9.17, 15) is 4.79 Å². The number of Topliss-reactive ketones (excluding diaryl/α,β-unsaturated/α-hetero) is 1. The molecule has 2 rings (SSSR count). The van der Waals surface area contributed by atoms with Crippen molar-refractivity contribution in [2.24, 2.45) is 0 Å². The zero-order valence-corrected chi connectivity index (χ0v) is 13.9. The number of rotatable bonds is 5. The van der Waals surface area contributed by atoms with E-state index in [-0.39, 0.29) is 5.78 Å². The summed E-state index contributed by atoms with van der Waals surface area (Å²) in [5.74, 6) is 0.206. The lowest BCUT2D eigenvalue weighted by Crippen LogP contribution is -2.44. The van der Waals surface area contributed by atoms with Gasteiger partial charge >= 0.3 is 0 Å². The number of likely N-dealkylation sites (N-methyl/N-ethyl adjacent to an activating group) is 1. The fourth-order valence-corrected chi connectivity index (χ4v) is 3.02. The smallest absolute Gasteiger partial charge is 0.176 e. The number of halogens is 1. The highest BCUT2D eigenvalue weighted by atomic mass is 79.9. The van der Waals surface area contributed by atoms with E-state index in [1.807, 2.05) is 24.3 Å². The Hall–Kier alpha value is -0.710. The quantitative estimate of drug-likeness (QED) is 0.771. The average Bonchev–Trinajstić information content (AvgIpc) is 2.48. The highest BCUT2D eigenvalue weighted by Crippen LogP contribution is 2.16. The van der Waals surface area contributed by atoms with Crippen LogP contribution < -0.4 is 0 Å². The number of likely N-dealkylation sites (tertiary alicyclic amines) is 1. The Morgan fingerprint density at radius 3 is 2.45 bits per heavy atom. The lowest BCUT2D eigenvalue weighted by atomic mass is 10.0. The first-order valence-electron chi connectivity index (χ1n) is 7.31. The lowest BCUT2D eigenvalue weighted by Gasteiger charge is -2.36. The van der Waals surface area contributed by atoms with Crippen molar-refractivity contribution in [3.8, 4) is 0 Å². The summed E-state index contributed by atoms with van der Waals surface area (Å²) in [4.78, 5) is 17.0. The SMILES string of the molecule is CCN1CCC(N(C)CC(=O)c2ccc(Br)cc2)CC1. The molecular weight excluding hydrogens is 316 g/mol. The van der Waals surface area contributed by atoms with E-state index in [4.69, 9.17) is 0 Å². The number of ketones is 1. The highest BCUT2D eigenvalue weighted by molar-refractivity contribution is 9.10. The maximum absolute atomic E-state index is 12.3. The summed E-state index contributed by atoms with van der Waals surface area (Å²) in [5, 5.41) is 0. The van der Waals surface area contributed by atoms with Crippen LogP contribution in [0.3, 0.4) is 0 Å². The minimum Gasteiger partial charge on any atom is -0.303 e. The molecule has 0 bridgehead atoms. The van der Waals surface area contributed by atoms with Crippen LogP contribution in [-0.4, -0.2) is 54.9 Å². The molecule has 1 fully saturated rings. The molecule has 0 saturated carbocycles. The molecule has 0 aromatic heterocycles. The van der Waals surface area contributed by atoms with Gasteiger partial charge in [-0.2, -0.15) is 0 Å². The molecule has 1 saturated heterocycles. The molecule has 0 radical (unpaired) electrons. The van der Waals surface area contributed by atoms with Gasteiger partial charge in [0.2, 0.25) is 0 Å². The summed E-state index contributed by atoms with van der Waals surface area (Å²) in [5.41, 5.74) is 0.797. The van der Waals surface area contributed by atoms with Crippen molar-refractivity contribution < 1.29 is 4.79 Å². The number of carbonyl (C=O) groups excluding carboxylic acids is 1. The van der Waals surface area contributed by atoms with Crippen molar-refractivity contribution in [3.63, 3.8) is 0 Å². The fourth-order valence-electron chi connectivity index (χ4n) is 2.76. The van der Waals surface area contributed by atoms with Crippen molar-refractivity contribution in [3.05, 3.63) is 34.3 Å². The molecule has 110 valence electrons. The predicted molar refractivity (Wildman–Crippen MR) is 86.2 cm³/mol. The second-order valence-electron chi connectivity index (χ2n) is 5.51. The van der Waals surface area contributed by atoms with Gasteiger partial charge in [-0.15, -0.1) is 0 Å². The average molecular weight is 339 g/mol. The second-order valence-corrected chi connectivity index (χ2v) is 6.43. The minimum atomic E-state index is 0.206. The molecular formula is C16H23BrN2O. The van der Waals surface area contributed by atoms with E-state index in [1.165, 1.54) is 0 Å². The summed E-state index contributed by atoms with van der Waals surface area (Å²) < 4.78 is 1.01. The van der Waals surface area contributed by atoms with Gasteiger partial charge in [-0.25, -0.2) is 0 Å². The molecule has 1 heterocycles. The van der Waals surface area contributed by atoms with Crippen molar-refractivity contribution in [2.45, 2.75) is 25.8 Å². The van der Waals surface area contributed by atoms with Crippen LogP contribution >= 0.6 is 15.9 Å². The minimum absolute atomic E-state index is 0.206. The van der Waals surface area contributed by atoms with Gasteiger partial charge in [-0.3, -0.25) is 9.69 Å². The van der Waals surface area contributed by atoms with E-state index in [2.05, 4.69) is 39.7 Å². The third-order valence-electron chi connectivity index (χ3n) is 4.19. The number of benzene rings is 1. The zero-order chi connectivity index (χ0) is 14.5. The summed E-state index contributed by atoms with van der Waals surface area (Å²) >= 11 is 3.39. The first-order chi connectivity index (χ1) is 9.60. The van der Waals surface area contributed by atoms with Crippen LogP contribution in [0, 0.1) is 0 Å². The zero-order valence-electron chi connectivity index (χ0n) is 12.3. The molecule has 1 aromatic carbocycles. The first-order valence-corrected chi connectivity index (χ1v) is 8.10. The van der Waals surface area contributed by atoms with E-state index in [0.29, 0.717) is 12.6 Å². The third kappa shape index (κ3) is 4.14. The third-order valence-corrected chi connectivity index (χ3v) is 4.72. The standard InChI is InChI=1S/C16H23BrN2O/c1-3-19-10-8-15(9-11-19)18(2)12-16(20)13-4-6-14(17)7-5-13/h4-7,15H,3,8-12H2,1-2H3. The molecule has 0 unspecified atom stereocenters. The molecule has 0 atom stereocenters. The number of piperidine rings is 1. The number of hydrogen-bond donors (Lipinski definition) is 0. The molecule has 4 heteroatoms. The van der Waals surface area contributed by atoms with Gasteiger partial charge in [0, 0.05) is 16.1 Å². The molecule has 0 spiro atoms. The Kier molecular flexibility index (Phi) is 5.75. The summed E-state index contributed by atoms with van der Waals surface area (Å²) in [6.07, 6.45) is 2.33.